The van der Waals surface area contributed by atoms with E-state index in [-0.39, 0.29) is 23.7 Å². The zero-order chi connectivity index (χ0) is 27.2. The molecule has 194 valence electrons. The van der Waals surface area contributed by atoms with E-state index in [1.54, 1.807) is 68.6 Å². The van der Waals surface area contributed by atoms with E-state index in [0.717, 1.165) is 0 Å². The van der Waals surface area contributed by atoms with Crippen LogP contribution in [0.15, 0.2) is 89.6 Å². The first-order chi connectivity index (χ1) is 18.3. The van der Waals surface area contributed by atoms with Crippen molar-refractivity contribution in [1.82, 2.24) is 0 Å². The lowest BCUT2D eigenvalue weighted by atomic mass is 10.0. The van der Waals surface area contributed by atoms with Crippen molar-refractivity contribution in [3.63, 3.8) is 0 Å². The van der Waals surface area contributed by atoms with Crippen molar-refractivity contribution in [3.8, 4) is 11.5 Å². The number of anilines is 2. The van der Waals surface area contributed by atoms with Gasteiger partial charge >= 0.3 is 5.97 Å². The van der Waals surface area contributed by atoms with E-state index in [1.165, 1.54) is 36.3 Å². The van der Waals surface area contributed by atoms with Crippen molar-refractivity contribution < 1.29 is 33.0 Å². The predicted molar refractivity (Wildman–Crippen MR) is 140 cm³/mol. The summed E-state index contributed by atoms with van der Waals surface area (Å²) in [5.41, 5.74) is 2.49. The van der Waals surface area contributed by atoms with E-state index < -0.39 is 17.7 Å². The molecular weight excluding hydrogens is 491 g/mol. The zero-order valence-corrected chi connectivity index (χ0v) is 21.0. The maximum Gasteiger partial charge on any atom is 0.340 e. The van der Waals surface area contributed by atoms with Crippen LogP contribution in [0.5, 0.6) is 11.5 Å². The maximum atomic E-state index is 13.4. The molecule has 9 heteroatoms. The molecule has 0 bridgehead atoms. The van der Waals surface area contributed by atoms with Crippen LogP contribution in [0.2, 0.25) is 0 Å². The molecule has 0 atom stereocenters. The van der Waals surface area contributed by atoms with E-state index in [1.807, 2.05) is 0 Å². The number of rotatable bonds is 8. The summed E-state index contributed by atoms with van der Waals surface area (Å²) in [7, 11) is 2.82. The predicted octanol–water partition coefficient (Wildman–Crippen LogP) is 4.73. The first-order valence-electron chi connectivity index (χ1n) is 11.6. The number of hydrogen-bond donors (Lipinski definition) is 1. The van der Waals surface area contributed by atoms with Gasteiger partial charge in [-0.1, -0.05) is 12.1 Å². The van der Waals surface area contributed by atoms with Crippen LogP contribution in [-0.4, -0.2) is 38.6 Å². The van der Waals surface area contributed by atoms with Crippen LogP contribution in [0.1, 0.15) is 12.5 Å². The third-order valence-electron chi connectivity index (χ3n) is 5.81. The number of carbonyl (C=O) groups is 3. The van der Waals surface area contributed by atoms with Crippen molar-refractivity contribution in [2.24, 2.45) is 0 Å². The van der Waals surface area contributed by atoms with Crippen LogP contribution in [0.4, 0.5) is 15.8 Å². The molecule has 1 heterocycles. The van der Waals surface area contributed by atoms with Crippen molar-refractivity contribution in [2.45, 2.75) is 6.92 Å². The molecule has 0 spiro atoms. The van der Waals surface area contributed by atoms with Crippen LogP contribution in [0.25, 0.3) is 6.08 Å². The van der Waals surface area contributed by atoms with Gasteiger partial charge in [0.05, 0.1) is 25.4 Å². The molecule has 0 fully saturated rings. The van der Waals surface area contributed by atoms with Crippen LogP contribution in [0.3, 0.4) is 0 Å². The third-order valence-corrected chi connectivity index (χ3v) is 5.81. The number of methoxy groups -OCH3 is 2. The molecule has 0 unspecified atom stereocenters. The Balaban J connectivity index is 1.49. The molecule has 0 aliphatic carbocycles. The summed E-state index contributed by atoms with van der Waals surface area (Å²) in [5.74, 6) is -0.719. The summed E-state index contributed by atoms with van der Waals surface area (Å²) < 4.78 is 28.7. The van der Waals surface area contributed by atoms with Crippen molar-refractivity contribution in [2.75, 3.05) is 31.0 Å². The monoisotopic (exact) mass is 516 g/mol. The number of carbonyl (C=O) groups excluding carboxylic acids is 3. The Hall–Kier alpha value is -4.92. The van der Waals surface area contributed by atoms with E-state index >= 15 is 0 Å². The summed E-state index contributed by atoms with van der Waals surface area (Å²) in [4.78, 5) is 39.6. The average molecular weight is 517 g/mol. The highest BCUT2D eigenvalue weighted by Crippen LogP contribution is 2.36. The molecule has 0 radical (unpaired) electrons. The number of amides is 2. The maximum absolute atomic E-state index is 13.4. The Kier molecular flexibility index (Phi) is 7.86. The normalized spacial score (nSPS) is 14.1. The molecular formula is C29H25FN2O6. The summed E-state index contributed by atoms with van der Waals surface area (Å²) in [5, 5.41) is 2.61. The number of allylic oxidation sites excluding steroid dienone is 1. The fourth-order valence-electron chi connectivity index (χ4n) is 3.93. The molecule has 1 N–H and O–H groups in total. The number of halogens is 1. The van der Waals surface area contributed by atoms with Gasteiger partial charge in [0.2, 0.25) is 0 Å². The van der Waals surface area contributed by atoms with Gasteiger partial charge in [0.1, 0.15) is 17.3 Å². The van der Waals surface area contributed by atoms with Crippen LogP contribution in [-0.2, 0) is 19.1 Å². The summed E-state index contributed by atoms with van der Waals surface area (Å²) in [6.45, 7) is 1.44. The number of benzene rings is 3. The molecule has 0 saturated carbocycles. The number of nitrogens with zero attached hydrogens (tertiary/aromatic N) is 1. The Bertz CT molecular complexity index is 1410. The number of hydrogen-bond acceptors (Lipinski definition) is 6. The SMILES string of the molecule is COC(=O)C1=C(C)N(c2ccc(OC)cc2)C(=O)/C1=C\c1ccc(OCC(=O)Nc2ccc(F)cc2)cc1. The molecule has 4 rings (SSSR count). The lowest BCUT2D eigenvalue weighted by molar-refractivity contribution is -0.136. The Labute approximate surface area is 218 Å². The Morgan fingerprint density at radius 1 is 0.921 bits per heavy atom. The standard InChI is InChI=1S/C29H25FN2O6/c1-18-27(29(35)37-3)25(28(34)32(18)22-10-14-23(36-2)15-11-22)16-19-4-12-24(13-5-19)38-17-26(33)31-21-8-6-20(30)7-9-21/h4-16H,17H2,1-3H3,(H,31,33)/b25-16-. The number of esters is 1. The average Bonchev–Trinajstić information content (AvgIpc) is 3.17. The molecule has 38 heavy (non-hydrogen) atoms. The van der Waals surface area contributed by atoms with Crippen LogP contribution < -0.4 is 19.7 Å². The molecule has 2 amide bonds. The van der Waals surface area contributed by atoms with E-state index in [4.69, 9.17) is 14.2 Å². The van der Waals surface area contributed by atoms with E-state index in [9.17, 15) is 18.8 Å². The second-order valence-electron chi connectivity index (χ2n) is 8.26. The van der Waals surface area contributed by atoms with Crippen molar-refractivity contribution in [1.29, 1.82) is 0 Å². The lowest BCUT2D eigenvalue weighted by Gasteiger charge is -2.18. The van der Waals surface area contributed by atoms with Crippen molar-refractivity contribution >= 4 is 35.2 Å². The first kappa shape index (κ1) is 26.2. The topological polar surface area (TPSA) is 94.2 Å². The molecule has 0 aromatic heterocycles. The fraction of sp³-hybridized carbons (Fsp3) is 0.138. The highest BCUT2D eigenvalue weighted by molar-refractivity contribution is 6.23. The summed E-state index contributed by atoms with van der Waals surface area (Å²) in [6.07, 6.45) is 1.60. The number of nitrogens with one attached hydrogen (secondary N) is 1. The van der Waals surface area contributed by atoms with Gasteiger partial charge in [0, 0.05) is 17.1 Å². The highest BCUT2D eigenvalue weighted by Gasteiger charge is 2.37. The van der Waals surface area contributed by atoms with Gasteiger partial charge in [-0.15, -0.1) is 0 Å². The van der Waals surface area contributed by atoms with E-state index in [0.29, 0.717) is 34.1 Å². The molecule has 0 saturated heterocycles. The summed E-state index contributed by atoms with van der Waals surface area (Å²) >= 11 is 0. The summed E-state index contributed by atoms with van der Waals surface area (Å²) in [6, 6.07) is 19.0. The second-order valence-corrected chi connectivity index (χ2v) is 8.26. The van der Waals surface area contributed by atoms with E-state index in [2.05, 4.69) is 5.32 Å². The minimum atomic E-state index is -0.620. The van der Waals surface area contributed by atoms with Gasteiger partial charge in [-0.25, -0.2) is 9.18 Å². The first-order valence-corrected chi connectivity index (χ1v) is 11.6. The van der Waals surface area contributed by atoms with Gasteiger partial charge in [0.15, 0.2) is 6.61 Å². The Morgan fingerprint density at radius 3 is 2.16 bits per heavy atom. The lowest BCUT2D eigenvalue weighted by Crippen LogP contribution is -2.24. The molecule has 3 aromatic rings. The van der Waals surface area contributed by atoms with Gasteiger partial charge in [0.25, 0.3) is 11.8 Å². The number of ether oxygens (including phenoxy) is 3. The van der Waals surface area contributed by atoms with Gasteiger partial charge in [-0.2, -0.15) is 0 Å². The van der Waals surface area contributed by atoms with Crippen LogP contribution >= 0.6 is 0 Å². The molecule has 1 aliphatic heterocycles. The smallest absolute Gasteiger partial charge is 0.340 e. The molecule has 8 nitrogen and oxygen atoms in total. The Morgan fingerprint density at radius 2 is 1.55 bits per heavy atom. The fourth-order valence-corrected chi connectivity index (χ4v) is 3.93. The highest BCUT2D eigenvalue weighted by atomic mass is 19.1. The molecule has 3 aromatic carbocycles. The zero-order valence-electron chi connectivity index (χ0n) is 21.0. The minimum absolute atomic E-state index is 0.172. The van der Waals surface area contributed by atoms with Crippen molar-refractivity contribution in [3.05, 3.63) is 101 Å². The minimum Gasteiger partial charge on any atom is -0.497 e. The molecule has 1 aliphatic rings. The van der Waals surface area contributed by atoms with Gasteiger partial charge in [-0.3, -0.25) is 14.5 Å². The van der Waals surface area contributed by atoms with Gasteiger partial charge < -0.3 is 19.5 Å². The quantitative estimate of drug-likeness (QED) is 0.344. The van der Waals surface area contributed by atoms with Crippen LogP contribution in [0, 0.1) is 5.82 Å². The largest absolute Gasteiger partial charge is 0.497 e. The third kappa shape index (κ3) is 5.73. The second kappa shape index (κ2) is 11.4. The van der Waals surface area contributed by atoms with Gasteiger partial charge in [-0.05, 0) is 79.2 Å².